The van der Waals surface area contributed by atoms with Gasteiger partial charge in [-0.1, -0.05) is 38.1 Å². The van der Waals surface area contributed by atoms with Crippen molar-refractivity contribution < 1.29 is 9.53 Å². The zero-order valence-corrected chi connectivity index (χ0v) is 18.4. The molecule has 0 saturated heterocycles. The standard InChI is InChI=1S/C24H34N4O2/c1-5-30-22-13-11-19(12-14-22)18(4)27-23(29)10-7-15-26-24(25)28-21-9-6-8-20(16-21)17(2)3/h6,8-9,11-14,16-18H,5,7,10,15H2,1-4H3,(H,27,29)(H3,25,26,28). The van der Waals surface area contributed by atoms with E-state index in [-0.39, 0.29) is 11.9 Å². The van der Waals surface area contributed by atoms with Crippen molar-refractivity contribution in [2.24, 2.45) is 10.7 Å². The molecule has 1 amide bonds. The maximum atomic E-state index is 12.2. The first kappa shape index (κ1) is 23.3. The van der Waals surface area contributed by atoms with Gasteiger partial charge in [0, 0.05) is 18.7 Å². The van der Waals surface area contributed by atoms with Crippen molar-refractivity contribution in [2.45, 2.75) is 52.5 Å². The first-order valence-corrected chi connectivity index (χ1v) is 10.6. The van der Waals surface area contributed by atoms with Crippen LogP contribution in [0, 0.1) is 0 Å². The molecule has 1 unspecified atom stereocenters. The molecule has 2 aromatic carbocycles. The second-order valence-corrected chi connectivity index (χ2v) is 7.57. The number of amides is 1. The van der Waals surface area contributed by atoms with Crippen LogP contribution < -0.4 is 21.1 Å². The number of hydrogen-bond acceptors (Lipinski definition) is 3. The third kappa shape index (κ3) is 7.78. The molecule has 0 aliphatic rings. The van der Waals surface area contributed by atoms with Crippen molar-refractivity contribution in [3.8, 4) is 5.75 Å². The lowest BCUT2D eigenvalue weighted by Crippen LogP contribution is -2.26. The Kier molecular flexibility index (Phi) is 9.19. The fourth-order valence-electron chi connectivity index (χ4n) is 3.02. The maximum Gasteiger partial charge on any atom is 0.220 e. The second kappa shape index (κ2) is 11.9. The summed E-state index contributed by atoms with van der Waals surface area (Å²) < 4.78 is 5.44. The topological polar surface area (TPSA) is 88.7 Å². The van der Waals surface area contributed by atoms with Gasteiger partial charge in [-0.15, -0.1) is 0 Å². The molecule has 0 heterocycles. The quantitative estimate of drug-likeness (QED) is 0.304. The molecule has 30 heavy (non-hydrogen) atoms. The zero-order valence-electron chi connectivity index (χ0n) is 18.4. The number of hydrogen-bond donors (Lipinski definition) is 3. The number of anilines is 1. The Hall–Kier alpha value is -3.02. The Morgan fingerprint density at radius 2 is 1.83 bits per heavy atom. The van der Waals surface area contributed by atoms with Crippen LogP contribution in [0.15, 0.2) is 53.5 Å². The van der Waals surface area contributed by atoms with Gasteiger partial charge >= 0.3 is 0 Å². The van der Waals surface area contributed by atoms with Gasteiger partial charge in [-0.3, -0.25) is 9.79 Å². The molecule has 0 aromatic heterocycles. The minimum atomic E-state index is -0.0587. The molecule has 0 fully saturated rings. The summed E-state index contributed by atoms with van der Waals surface area (Å²) in [7, 11) is 0. The first-order chi connectivity index (χ1) is 14.4. The maximum absolute atomic E-state index is 12.2. The monoisotopic (exact) mass is 410 g/mol. The van der Waals surface area contributed by atoms with Gasteiger partial charge in [-0.25, -0.2) is 0 Å². The Bertz CT molecular complexity index is 831. The zero-order chi connectivity index (χ0) is 21.9. The minimum absolute atomic E-state index is 0.00255. The average molecular weight is 411 g/mol. The number of carbonyl (C=O) groups excluding carboxylic acids is 1. The molecule has 1 atom stereocenters. The van der Waals surface area contributed by atoms with E-state index in [9.17, 15) is 4.79 Å². The number of rotatable bonds is 10. The molecule has 0 bridgehead atoms. The van der Waals surface area contributed by atoms with E-state index >= 15 is 0 Å². The summed E-state index contributed by atoms with van der Waals surface area (Å²) in [5.41, 5.74) is 9.17. The summed E-state index contributed by atoms with van der Waals surface area (Å²) in [6, 6.07) is 15.9. The van der Waals surface area contributed by atoms with Gasteiger partial charge in [0.15, 0.2) is 5.96 Å². The number of nitrogens with two attached hydrogens (primary N) is 1. The van der Waals surface area contributed by atoms with Crippen LogP contribution in [-0.2, 0) is 4.79 Å². The molecule has 6 heteroatoms. The fourth-order valence-corrected chi connectivity index (χ4v) is 3.02. The summed E-state index contributed by atoms with van der Waals surface area (Å²) in [5.74, 6) is 1.65. The summed E-state index contributed by atoms with van der Waals surface area (Å²) in [6.07, 6.45) is 1.04. The Balaban J connectivity index is 1.73. The number of aliphatic imine (C=N–C) groups is 1. The highest BCUT2D eigenvalue weighted by Gasteiger charge is 2.09. The number of ether oxygens (including phenoxy) is 1. The Morgan fingerprint density at radius 3 is 2.50 bits per heavy atom. The van der Waals surface area contributed by atoms with Crippen LogP contribution in [-0.4, -0.2) is 25.0 Å². The van der Waals surface area contributed by atoms with E-state index in [4.69, 9.17) is 10.5 Å². The molecule has 0 spiro atoms. The van der Waals surface area contributed by atoms with Crippen LogP contribution in [0.2, 0.25) is 0 Å². The van der Waals surface area contributed by atoms with E-state index in [1.165, 1.54) is 5.56 Å². The Labute approximate surface area is 179 Å². The molecule has 162 valence electrons. The largest absolute Gasteiger partial charge is 0.494 e. The number of nitrogens with one attached hydrogen (secondary N) is 2. The summed E-state index contributed by atoms with van der Waals surface area (Å²) in [5, 5.41) is 6.13. The lowest BCUT2D eigenvalue weighted by molar-refractivity contribution is -0.121. The molecule has 4 N–H and O–H groups in total. The van der Waals surface area contributed by atoms with Crippen molar-refractivity contribution in [3.05, 3.63) is 59.7 Å². The Morgan fingerprint density at radius 1 is 1.10 bits per heavy atom. The summed E-state index contributed by atoms with van der Waals surface area (Å²) in [6.45, 7) is 9.36. The van der Waals surface area contributed by atoms with Gasteiger partial charge in [0.2, 0.25) is 5.91 Å². The summed E-state index contributed by atoms with van der Waals surface area (Å²) >= 11 is 0. The van der Waals surface area contributed by atoms with E-state index < -0.39 is 0 Å². The highest BCUT2D eigenvalue weighted by Crippen LogP contribution is 2.19. The highest BCUT2D eigenvalue weighted by atomic mass is 16.5. The predicted molar refractivity (Wildman–Crippen MR) is 124 cm³/mol. The predicted octanol–water partition coefficient (Wildman–Crippen LogP) is 4.59. The normalized spacial score (nSPS) is 12.5. The molecule has 0 aliphatic carbocycles. The lowest BCUT2D eigenvalue weighted by Gasteiger charge is -2.15. The van der Waals surface area contributed by atoms with Crippen LogP contribution >= 0.6 is 0 Å². The van der Waals surface area contributed by atoms with Crippen molar-refractivity contribution in [1.29, 1.82) is 0 Å². The number of benzene rings is 2. The van der Waals surface area contributed by atoms with Gasteiger partial charge in [-0.2, -0.15) is 0 Å². The third-order valence-electron chi connectivity index (χ3n) is 4.74. The van der Waals surface area contributed by atoms with Gasteiger partial charge < -0.3 is 21.1 Å². The molecular weight excluding hydrogens is 376 g/mol. The second-order valence-electron chi connectivity index (χ2n) is 7.57. The molecule has 2 rings (SSSR count). The lowest BCUT2D eigenvalue weighted by atomic mass is 10.0. The third-order valence-corrected chi connectivity index (χ3v) is 4.74. The van der Waals surface area contributed by atoms with Gasteiger partial charge in [0.05, 0.1) is 12.6 Å². The van der Waals surface area contributed by atoms with E-state index in [1.54, 1.807) is 0 Å². The molecule has 0 aliphatic heterocycles. The van der Waals surface area contributed by atoms with Crippen LogP contribution in [0.4, 0.5) is 5.69 Å². The van der Waals surface area contributed by atoms with Gasteiger partial charge in [0.1, 0.15) is 5.75 Å². The van der Waals surface area contributed by atoms with Crippen LogP contribution in [0.25, 0.3) is 0 Å². The van der Waals surface area contributed by atoms with E-state index in [0.29, 0.717) is 37.9 Å². The first-order valence-electron chi connectivity index (χ1n) is 10.6. The molecule has 6 nitrogen and oxygen atoms in total. The number of carbonyl (C=O) groups is 1. The number of nitrogens with zero attached hydrogens (tertiary/aromatic N) is 1. The van der Waals surface area contributed by atoms with Gasteiger partial charge in [-0.05, 0) is 61.6 Å². The van der Waals surface area contributed by atoms with Crippen molar-refractivity contribution in [2.75, 3.05) is 18.5 Å². The average Bonchev–Trinajstić information content (AvgIpc) is 2.72. The van der Waals surface area contributed by atoms with Crippen LogP contribution in [0.3, 0.4) is 0 Å². The number of guanidine groups is 1. The van der Waals surface area contributed by atoms with E-state index in [2.05, 4.69) is 41.6 Å². The van der Waals surface area contributed by atoms with E-state index in [1.807, 2.05) is 50.2 Å². The smallest absolute Gasteiger partial charge is 0.220 e. The molecule has 0 saturated carbocycles. The highest BCUT2D eigenvalue weighted by molar-refractivity contribution is 5.92. The van der Waals surface area contributed by atoms with Crippen molar-refractivity contribution >= 4 is 17.6 Å². The van der Waals surface area contributed by atoms with Crippen molar-refractivity contribution in [3.63, 3.8) is 0 Å². The fraction of sp³-hybridized carbons (Fsp3) is 0.417. The molecule has 0 radical (unpaired) electrons. The molecular formula is C24H34N4O2. The van der Waals surface area contributed by atoms with Gasteiger partial charge in [0.25, 0.3) is 0 Å². The summed E-state index contributed by atoms with van der Waals surface area (Å²) in [4.78, 5) is 16.5. The van der Waals surface area contributed by atoms with Crippen LogP contribution in [0.5, 0.6) is 5.75 Å². The SMILES string of the molecule is CCOc1ccc(C(C)NC(=O)CCCN=C(N)Nc2cccc(C(C)C)c2)cc1. The van der Waals surface area contributed by atoms with Crippen LogP contribution in [0.1, 0.15) is 63.6 Å². The van der Waals surface area contributed by atoms with E-state index in [0.717, 1.165) is 17.0 Å². The van der Waals surface area contributed by atoms with Crippen molar-refractivity contribution in [1.82, 2.24) is 5.32 Å². The molecule has 2 aromatic rings. The minimum Gasteiger partial charge on any atom is -0.494 e.